The first-order chi connectivity index (χ1) is 14.5. The highest BCUT2D eigenvalue weighted by molar-refractivity contribution is 5.89. The molecule has 3 aromatic rings. The van der Waals surface area contributed by atoms with Gasteiger partial charge in [0.15, 0.2) is 6.61 Å². The van der Waals surface area contributed by atoms with Gasteiger partial charge in [0.25, 0.3) is 0 Å². The number of benzene rings is 3. The maximum atomic E-state index is 12.1. The van der Waals surface area contributed by atoms with E-state index in [0.29, 0.717) is 23.0 Å². The Balaban J connectivity index is 1.48. The molecule has 0 saturated carbocycles. The van der Waals surface area contributed by atoms with E-state index >= 15 is 0 Å². The third-order valence-corrected chi connectivity index (χ3v) is 4.42. The van der Waals surface area contributed by atoms with Crippen LogP contribution in [-0.4, -0.2) is 18.5 Å². The van der Waals surface area contributed by atoms with Gasteiger partial charge in [-0.3, -0.25) is 0 Å². The summed E-state index contributed by atoms with van der Waals surface area (Å²) in [7, 11) is 0. The molecular weight excluding hydrogens is 380 g/mol. The van der Waals surface area contributed by atoms with Crippen LogP contribution in [0.2, 0.25) is 0 Å². The molecule has 154 valence electrons. The molecule has 0 aliphatic rings. The highest BCUT2D eigenvalue weighted by Gasteiger charge is 2.10. The second kappa shape index (κ2) is 10.3. The predicted molar refractivity (Wildman–Crippen MR) is 114 cm³/mol. The molecule has 0 aliphatic heterocycles. The number of ether oxygens (including phenoxy) is 3. The Bertz CT molecular complexity index is 978. The third kappa shape index (κ3) is 6.21. The van der Waals surface area contributed by atoms with Crippen molar-refractivity contribution in [2.24, 2.45) is 0 Å². The fraction of sp³-hybridized carbons (Fsp3) is 0.200. The van der Waals surface area contributed by atoms with Crippen molar-refractivity contribution in [1.29, 1.82) is 0 Å². The molecule has 0 aliphatic carbocycles. The van der Waals surface area contributed by atoms with E-state index in [4.69, 9.17) is 14.2 Å². The molecule has 0 spiro atoms. The number of carbonyl (C=O) groups is 2. The van der Waals surface area contributed by atoms with Gasteiger partial charge in [0.05, 0.1) is 5.56 Å². The van der Waals surface area contributed by atoms with Crippen LogP contribution >= 0.6 is 0 Å². The molecule has 0 saturated heterocycles. The van der Waals surface area contributed by atoms with Crippen LogP contribution in [0.4, 0.5) is 0 Å². The molecule has 0 N–H and O–H groups in total. The normalized spacial score (nSPS) is 10.5. The first-order valence-corrected chi connectivity index (χ1v) is 9.76. The van der Waals surface area contributed by atoms with E-state index in [2.05, 4.69) is 13.8 Å². The zero-order valence-corrected chi connectivity index (χ0v) is 17.0. The Morgan fingerprint density at radius 1 is 0.833 bits per heavy atom. The van der Waals surface area contributed by atoms with Gasteiger partial charge in [0.2, 0.25) is 0 Å². The first kappa shape index (κ1) is 21.1. The predicted octanol–water partition coefficient (Wildman–Crippen LogP) is 5.15. The largest absolute Gasteiger partial charge is 0.482 e. The average Bonchev–Trinajstić information content (AvgIpc) is 2.77. The number of carbonyl (C=O) groups excluding carboxylic acids is 2. The minimum atomic E-state index is -0.524. The van der Waals surface area contributed by atoms with E-state index in [0.717, 1.165) is 11.1 Å². The Labute approximate surface area is 176 Å². The summed E-state index contributed by atoms with van der Waals surface area (Å²) in [6.45, 7) is 4.18. The highest BCUT2D eigenvalue weighted by Crippen LogP contribution is 2.20. The molecule has 0 radical (unpaired) electrons. The van der Waals surface area contributed by atoms with E-state index in [1.807, 2.05) is 48.5 Å². The molecule has 3 aromatic carbocycles. The lowest BCUT2D eigenvalue weighted by Gasteiger charge is -2.10. The maximum Gasteiger partial charge on any atom is 0.349 e. The van der Waals surface area contributed by atoms with Crippen molar-refractivity contribution in [3.63, 3.8) is 0 Å². The molecule has 0 amide bonds. The summed E-state index contributed by atoms with van der Waals surface area (Å²) >= 11 is 0. The Morgan fingerprint density at radius 3 is 2.27 bits per heavy atom. The highest BCUT2D eigenvalue weighted by atomic mass is 16.6. The van der Waals surface area contributed by atoms with Crippen molar-refractivity contribution in [2.45, 2.75) is 26.4 Å². The van der Waals surface area contributed by atoms with Gasteiger partial charge in [-0.15, -0.1) is 0 Å². The molecule has 0 unspecified atom stereocenters. The van der Waals surface area contributed by atoms with Crippen molar-refractivity contribution >= 4 is 11.9 Å². The Morgan fingerprint density at radius 2 is 1.57 bits per heavy atom. The molecular formula is C25H24O5. The van der Waals surface area contributed by atoms with Crippen LogP contribution in [-0.2, 0) is 16.1 Å². The lowest BCUT2D eigenvalue weighted by atomic mass is 10.0. The van der Waals surface area contributed by atoms with Crippen LogP contribution < -0.4 is 9.47 Å². The van der Waals surface area contributed by atoms with Crippen LogP contribution in [0.15, 0.2) is 78.9 Å². The average molecular weight is 404 g/mol. The lowest BCUT2D eigenvalue weighted by Crippen LogP contribution is -2.17. The number of rotatable bonds is 8. The molecule has 0 atom stereocenters. The van der Waals surface area contributed by atoms with Gasteiger partial charge in [0.1, 0.15) is 18.1 Å². The molecule has 0 bridgehead atoms. The SMILES string of the molecule is CC(C)c1cccc(OCC(=O)Oc2ccc(C(=O)OCc3ccccc3)cc2)c1. The zero-order valence-electron chi connectivity index (χ0n) is 17.0. The molecule has 0 aromatic heterocycles. The Hall–Kier alpha value is -3.60. The lowest BCUT2D eigenvalue weighted by molar-refractivity contribution is -0.136. The monoisotopic (exact) mass is 404 g/mol. The van der Waals surface area contributed by atoms with Gasteiger partial charge < -0.3 is 14.2 Å². The number of esters is 2. The van der Waals surface area contributed by atoms with Crippen LogP contribution in [0.25, 0.3) is 0 Å². The van der Waals surface area contributed by atoms with Crippen LogP contribution in [0, 0.1) is 0 Å². The molecule has 3 rings (SSSR count). The molecule has 0 heterocycles. The summed E-state index contributed by atoms with van der Waals surface area (Å²) in [6, 6.07) is 23.3. The number of hydrogen-bond donors (Lipinski definition) is 0. The first-order valence-electron chi connectivity index (χ1n) is 9.76. The maximum absolute atomic E-state index is 12.1. The van der Waals surface area contributed by atoms with Crippen LogP contribution in [0.5, 0.6) is 11.5 Å². The minimum Gasteiger partial charge on any atom is -0.482 e. The zero-order chi connectivity index (χ0) is 21.3. The summed E-state index contributed by atoms with van der Waals surface area (Å²) in [4.78, 5) is 24.2. The molecule has 0 fully saturated rings. The summed E-state index contributed by atoms with van der Waals surface area (Å²) in [5.41, 5.74) is 2.43. The fourth-order valence-electron chi connectivity index (χ4n) is 2.73. The van der Waals surface area contributed by atoms with Crippen molar-refractivity contribution in [2.75, 3.05) is 6.61 Å². The quantitative estimate of drug-likeness (QED) is 0.384. The van der Waals surface area contributed by atoms with Crippen LogP contribution in [0.1, 0.15) is 41.3 Å². The standard InChI is InChI=1S/C25H24O5/c1-18(2)21-9-6-10-23(15-21)28-17-24(26)30-22-13-11-20(12-14-22)25(27)29-16-19-7-4-3-5-8-19/h3-15,18H,16-17H2,1-2H3. The number of hydrogen-bond acceptors (Lipinski definition) is 5. The van der Waals surface area contributed by atoms with Crippen molar-refractivity contribution in [1.82, 2.24) is 0 Å². The van der Waals surface area contributed by atoms with Crippen LogP contribution in [0.3, 0.4) is 0 Å². The van der Waals surface area contributed by atoms with Gasteiger partial charge in [-0.25, -0.2) is 9.59 Å². The second-order valence-electron chi connectivity index (χ2n) is 7.08. The topological polar surface area (TPSA) is 61.8 Å². The van der Waals surface area contributed by atoms with Crippen molar-refractivity contribution in [3.05, 3.63) is 95.6 Å². The van der Waals surface area contributed by atoms with E-state index in [1.165, 1.54) is 0 Å². The summed E-state index contributed by atoms with van der Waals surface area (Å²) in [5, 5.41) is 0. The van der Waals surface area contributed by atoms with E-state index in [-0.39, 0.29) is 13.2 Å². The second-order valence-corrected chi connectivity index (χ2v) is 7.08. The van der Waals surface area contributed by atoms with Crippen molar-refractivity contribution < 1.29 is 23.8 Å². The molecule has 30 heavy (non-hydrogen) atoms. The Kier molecular flexibility index (Phi) is 7.22. The smallest absolute Gasteiger partial charge is 0.349 e. The van der Waals surface area contributed by atoms with Gasteiger partial charge >= 0.3 is 11.9 Å². The molecule has 5 heteroatoms. The fourth-order valence-corrected chi connectivity index (χ4v) is 2.73. The van der Waals surface area contributed by atoms with Gasteiger partial charge in [-0.1, -0.05) is 56.3 Å². The summed E-state index contributed by atoms with van der Waals surface area (Å²) in [6.07, 6.45) is 0. The van der Waals surface area contributed by atoms with E-state index < -0.39 is 11.9 Å². The minimum absolute atomic E-state index is 0.200. The van der Waals surface area contributed by atoms with Gasteiger partial charge in [-0.05, 0) is 53.4 Å². The summed E-state index contributed by atoms with van der Waals surface area (Å²) in [5.74, 6) is 0.363. The van der Waals surface area contributed by atoms with E-state index in [9.17, 15) is 9.59 Å². The summed E-state index contributed by atoms with van der Waals surface area (Å²) < 4.78 is 16.1. The van der Waals surface area contributed by atoms with Crippen molar-refractivity contribution in [3.8, 4) is 11.5 Å². The molecule has 5 nitrogen and oxygen atoms in total. The third-order valence-electron chi connectivity index (χ3n) is 4.42. The van der Waals surface area contributed by atoms with Gasteiger partial charge in [0, 0.05) is 0 Å². The van der Waals surface area contributed by atoms with E-state index in [1.54, 1.807) is 30.3 Å². The van der Waals surface area contributed by atoms with Gasteiger partial charge in [-0.2, -0.15) is 0 Å².